The maximum atomic E-state index is 13.8. The van der Waals surface area contributed by atoms with E-state index in [-0.39, 0.29) is 0 Å². The third kappa shape index (κ3) is 4.31. The van der Waals surface area contributed by atoms with Gasteiger partial charge in [-0.1, -0.05) is 6.07 Å². The van der Waals surface area contributed by atoms with Crippen LogP contribution in [0.2, 0.25) is 0 Å². The van der Waals surface area contributed by atoms with Crippen LogP contribution in [0.3, 0.4) is 0 Å². The average Bonchev–Trinajstić information content (AvgIpc) is 2.55. The molecule has 0 aliphatic rings. The maximum Gasteiger partial charge on any atom is 0.433 e. The Kier molecular flexibility index (Phi) is 5.57. The molecule has 0 saturated carbocycles. The molecule has 0 aliphatic heterocycles. The first-order valence-electron chi connectivity index (χ1n) is 7.15. The van der Waals surface area contributed by atoms with Crippen molar-refractivity contribution in [3.63, 3.8) is 0 Å². The average molecular weight is 392 g/mol. The molecule has 0 aliphatic carbocycles. The van der Waals surface area contributed by atoms with Gasteiger partial charge in [0.05, 0.1) is 0 Å². The minimum atomic E-state index is -4.70. The zero-order valence-corrected chi connectivity index (χ0v) is 14.3. The van der Waals surface area contributed by atoms with Crippen LogP contribution in [-0.2, 0) is 22.1 Å². The smallest absolute Gasteiger partial charge is 0.433 e. The topological polar surface area (TPSA) is 65.0 Å². The van der Waals surface area contributed by atoms with Gasteiger partial charge >= 0.3 is 6.18 Å². The Hall–Kier alpha value is -2.20. The minimum absolute atomic E-state index is 0.408. The molecule has 0 bridgehead atoms. The van der Waals surface area contributed by atoms with Crippen LogP contribution in [0.5, 0.6) is 0 Å². The number of benzene rings is 1. The van der Waals surface area contributed by atoms with Crippen molar-refractivity contribution in [1.29, 1.82) is 0 Å². The summed E-state index contributed by atoms with van der Waals surface area (Å²) in [5.74, 6) is -3.19. The van der Waals surface area contributed by atoms with Crippen LogP contribution in [0.15, 0.2) is 41.3 Å². The first-order chi connectivity index (χ1) is 11.9. The minimum Gasteiger partial charge on any atom is -0.611 e. The Labute approximate surface area is 148 Å². The third-order valence-corrected chi connectivity index (χ3v) is 5.21. The summed E-state index contributed by atoms with van der Waals surface area (Å²) in [4.78, 5) is 15.1. The van der Waals surface area contributed by atoms with Crippen LogP contribution in [0.25, 0.3) is 0 Å². The van der Waals surface area contributed by atoms with Gasteiger partial charge in [-0.25, -0.2) is 13.8 Å². The Morgan fingerprint density at radius 1 is 1.15 bits per heavy atom. The van der Waals surface area contributed by atoms with E-state index in [1.165, 1.54) is 13.8 Å². The lowest BCUT2D eigenvalue weighted by atomic mass is 10.2. The predicted octanol–water partition coefficient (Wildman–Crippen LogP) is 3.90. The van der Waals surface area contributed by atoms with E-state index in [1.54, 1.807) is 0 Å². The van der Waals surface area contributed by atoms with E-state index in [0.717, 1.165) is 30.3 Å². The lowest BCUT2D eigenvalue weighted by molar-refractivity contribution is -0.141. The fraction of sp³-hybridized carbons (Fsp3) is 0.250. The highest BCUT2D eigenvalue weighted by Gasteiger charge is 2.43. The van der Waals surface area contributed by atoms with E-state index in [9.17, 15) is 31.3 Å². The van der Waals surface area contributed by atoms with Crippen molar-refractivity contribution in [2.45, 2.75) is 29.7 Å². The molecule has 0 fully saturated rings. The zero-order chi connectivity index (χ0) is 19.7. The van der Waals surface area contributed by atoms with Crippen LogP contribution in [0.4, 0.5) is 27.8 Å². The number of pyridine rings is 1. The highest BCUT2D eigenvalue weighted by molar-refractivity contribution is 7.93. The summed E-state index contributed by atoms with van der Waals surface area (Å²) in [7, 11) is 0. The molecule has 0 spiro atoms. The van der Waals surface area contributed by atoms with Gasteiger partial charge in [0.15, 0.2) is 10.7 Å². The molecule has 1 aromatic heterocycles. The summed E-state index contributed by atoms with van der Waals surface area (Å²) < 4.78 is 75.9. The number of carbonyl (C=O) groups excluding carboxylic acids is 1. The number of nitrogens with one attached hydrogen (secondary N) is 1. The van der Waals surface area contributed by atoms with Crippen LogP contribution >= 0.6 is 0 Å². The molecule has 10 heteroatoms. The number of rotatable bonds is 4. The molecular formula is C16H13F5N2O2S. The molecule has 1 N–H and O–H groups in total. The first kappa shape index (κ1) is 20.1. The lowest BCUT2D eigenvalue weighted by Crippen LogP contribution is -2.45. The van der Waals surface area contributed by atoms with E-state index in [1.807, 2.05) is 0 Å². The second kappa shape index (κ2) is 7.20. The Balaban J connectivity index is 2.26. The number of carbonyl (C=O) groups is 1. The van der Waals surface area contributed by atoms with E-state index >= 15 is 0 Å². The molecular weight excluding hydrogens is 379 g/mol. The number of hydrogen-bond acceptors (Lipinski definition) is 3. The molecule has 0 saturated heterocycles. The van der Waals surface area contributed by atoms with Crippen LogP contribution in [0, 0.1) is 11.6 Å². The number of alkyl halides is 3. The summed E-state index contributed by atoms with van der Waals surface area (Å²) in [6, 6.07) is 5.18. The summed E-state index contributed by atoms with van der Waals surface area (Å²) in [5, 5.41) is 2.12. The zero-order valence-electron chi connectivity index (χ0n) is 13.5. The van der Waals surface area contributed by atoms with Crippen molar-refractivity contribution in [2.24, 2.45) is 0 Å². The summed E-state index contributed by atoms with van der Waals surface area (Å²) in [5.41, 5.74) is -1.22. The molecule has 1 amide bonds. The monoisotopic (exact) mass is 392 g/mol. The molecule has 1 unspecified atom stereocenters. The van der Waals surface area contributed by atoms with Crippen molar-refractivity contribution < 1.29 is 31.3 Å². The number of amides is 1. The Morgan fingerprint density at radius 3 is 2.42 bits per heavy atom. The molecule has 2 aromatic rings. The van der Waals surface area contributed by atoms with Gasteiger partial charge in [0, 0.05) is 17.2 Å². The molecule has 140 valence electrons. The van der Waals surface area contributed by atoms with Gasteiger partial charge in [-0.05, 0) is 38.1 Å². The van der Waals surface area contributed by atoms with Crippen molar-refractivity contribution in [3.8, 4) is 0 Å². The van der Waals surface area contributed by atoms with Crippen molar-refractivity contribution in [1.82, 2.24) is 4.98 Å². The van der Waals surface area contributed by atoms with Gasteiger partial charge in [0.2, 0.25) is 4.75 Å². The van der Waals surface area contributed by atoms with Crippen molar-refractivity contribution >= 4 is 22.9 Å². The number of anilines is 1. The van der Waals surface area contributed by atoms with Gasteiger partial charge in [0.1, 0.15) is 17.3 Å². The van der Waals surface area contributed by atoms with Gasteiger partial charge in [-0.2, -0.15) is 13.2 Å². The molecule has 26 heavy (non-hydrogen) atoms. The van der Waals surface area contributed by atoms with Crippen LogP contribution in [-0.4, -0.2) is 20.2 Å². The first-order valence-corrected chi connectivity index (χ1v) is 8.30. The summed E-state index contributed by atoms with van der Waals surface area (Å²) >= 11 is -2.32. The summed E-state index contributed by atoms with van der Waals surface area (Å²) in [6.45, 7) is 2.38. The van der Waals surface area contributed by atoms with Gasteiger partial charge < -0.3 is 9.87 Å². The predicted molar refractivity (Wildman–Crippen MR) is 84.7 cm³/mol. The normalized spacial score (nSPS) is 13.4. The van der Waals surface area contributed by atoms with Gasteiger partial charge in [-0.3, -0.25) is 4.79 Å². The third-order valence-electron chi connectivity index (χ3n) is 3.38. The van der Waals surface area contributed by atoms with E-state index < -0.39 is 56.0 Å². The molecule has 2 rings (SSSR count). The fourth-order valence-electron chi connectivity index (χ4n) is 1.91. The van der Waals surface area contributed by atoms with Gasteiger partial charge in [0.25, 0.3) is 5.91 Å². The van der Waals surface area contributed by atoms with E-state index in [4.69, 9.17) is 0 Å². The standard InChI is InChI=1S/C16H13F5N2O2S/c1-15(2,26(25)11-8-9(17)6-7-10(11)18)14(24)23-13-5-3-4-12(22-13)16(19,20)21/h3-8H,1-2H3,(H,22,23,24). The second-order valence-electron chi connectivity index (χ2n) is 5.71. The summed E-state index contributed by atoms with van der Waals surface area (Å²) in [6.07, 6.45) is -4.70. The Bertz CT molecular complexity index is 827. The van der Waals surface area contributed by atoms with Crippen molar-refractivity contribution in [2.75, 3.05) is 5.32 Å². The number of aromatic nitrogens is 1. The molecule has 1 heterocycles. The second-order valence-corrected chi connectivity index (χ2v) is 7.71. The maximum absolute atomic E-state index is 13.8. The van der Waals surface area contributed by atoms with Gasteiger partial charge in [-0.15, -0.1) is 0 Å². The van der Waals surface area contributed by atoms with Crippen molar-refractivity contribution in [3.05, 3.63) is 53.7 Å². The number of nitrogens with zero attached hydrogens (tertiary/aromatic N) is 1. The van der Waals surface area contributed by atoms with E-state index in [2.05, 4.69) is 10.3 Å². The largest absolute Gasteiger partial charge is 0.611 e. The Morgan fingerprint density at radius 2 is 1.81 bits per heavy atom. The SMILES string of the molecule is CC(C)(C(=O)Nc1cccc(C(F)(F)F)n1)[S+]([O-])c1cc(F)ccc1F. The fourth-order valence-corrected chi connectivity index (χ4v) is 3.14. The molecule has 1 aromatic carbocycles. The number of hydrogen-bond donors (Lipinski definition) is 1. The molecule has 0 radical (unpaired) electrons. The molecule has 1 atom stereocenters. The lowest BCUT2D eigenvalue weighted by Gasteiger charge is -2.27. The highest BCUT2D eigenvalue weighted by Crippen LogP contribution is 2.30. The van der Waals surface area contributed by atoms with E-state index in [0.29, 0.717) is 6.07 Å². The highest BCUT2D eigenvalue weighted by atomic mass is 32.2. The molecule has 4 nitrogen and oxygen atoms in total. The van der Waals surface area contributed by atoms with Crippen LogP contribution < -0.4 is 5.32 Å². The quantitative estimate of drug-likeness (QED) is 0.634. The number of halogens is 5. The van der Waals surface area contributed by atoms with Crippen LogP contribution in [0.1, 0.15) is 19.5 Å².